The van der Waals surface area contributed by atoms with Crippen molar-refractivity contribution in [3.8, 4) is 0 Å². The summed E-state index contributed by atoms with van der Waals surface area (Å²) in [6.07, 6.45) is -3.15. The molecular weight excluding hydrogens is 205 g/mol. The molecule has 0 radical (unpaired) electrons. The molecule has 0 saturated carbocycles. The van der Waals surface area contributed by atoms with E-state index in [4.69, 9.17) is 0 Å². The Morgan fingerprint density at radius 3 is 2.47 bits per heavy atom. The van der Waals surface area contributed by atoms with Gasteiger partial charge in [-0.3, -0.25) is 0 Å². The summed E-state index contributed by atoms with van der Waals surface area (Å²) < 4.78 is 35.9. The molecule has 1 heterocycles. The van der Waals surface area contributed by atoms with Crippen LogP contribution in [0.5, 0.6) is 0 Å². The van der Waals surface area contributed by atoms with Gasteiger partial charge in [-0.05, 0) is 24.3 Å². The molecule has 90 valence electrons. The van der Waals surface area contributed by atoms with Crippen LogP contribution in [0.2, 0.25) is 0 Å². The number of rotatable bonds is 4. The SMILES string of the molecule is CC(C)C1(CNCC(F)(F)F)CCNC1. The molecule has 2 nitrogen and oxygen atoms in total. The first kappa shape index (κ1) is 12.8. The third-order valence-corrected chi connectivity index (χ3v) is 3.30. The van der Waals surface area contributed by atoms with Crippen LogP contribution < -0.4 is 10.6 Å². The summed E-state index contributed by atoms with van der Waals surface area (Å²) in [5.41, 5.74) is -0.00868. The Hall–Kier alpha value is -0.290. The number of halogens is 3. The summed E-state index contributed by atoms with van der Waals surface area (Å²) in [4.78, 5) is 0. The first-order valence-electron chi connectivity index (χ1n) is 5.34. The Labute approximate surface area is 88.6 Å². The molecule has 1 fully saturated rings. The second-order valence-corrected chi connectivity index (χ2v) is 4.66. The minimum absolute atomic E-state index is 0.00868. The fraction of sp³-hybridized carbons (Fsp3) is 1.00. The van der Waals surface area contributed by atoms with E-state index >= 15 is 0 Å². The number of nitrogens with one attached hydrogen (secondary N) is 2. The van der Waals surface area contributed by atoms with Crippen LogP contribution in [-0.4, -0.2) is 32.4 Å². The van der Waals surface area contributed by atoms with Gasteiger partial charge in [0.1, 0.15) is 0 Å². The van der Waals surface area contributed by atoms with E-state index in [1.54, 1.807) is 0 Å². The van der Waals surface area contributed by atoms with Crippen molar-refractivity contribution in [3.63, 3.8) is 0 Å². The zero-order valence-corrected chi connectivity index (χ0v) is 9.25. The van der Waals surface area contributed by atoms with Crippen LogP contribution in [0, 0.1) is 11.3 Å². The van der Waals surface area contributed by atoms with Crippen molar-refractivity contribution in [1.29, 1.82) is 0 Å². The second kappa shape index (κ2) is 4.70. The van der Waals surface area contributed by atoms with Crippen molar-refractivity contribution < 1.29 is 13.2 Å². The van der Waals surface area contributed by atoms with Gasteiger partial charge in [-0.15, -0.1) is 0 Å². The van der Waals surface area contributed by atoms with Gasteiger partial charge < -0.3 is 10.6 Å². The summed E-state index contributed by atoms with van der Waals surface area (Å²) in [7, 11) is 0. The first-order chi connectivity index (χ1) is 6.86. The lowest BCUT2D eigenvalue weighted by atomic mass is 9.76. The third-order valence-electron chi connectivity index (χ3n) is 3.30. The Morgan fingerprint density at radius 1 is 1.40 bits per heavy atom. The van der Waals surface area contributed by atoms with Gasteiger partial charge in [0.2, 0.25) is 0 Å². The lowest BCUT2D eigenvalue weighted by Crippen LogP contribution is -2.43. The maximum atomic E-state index is 12.0. The molecule has 0 aromatic heterocycles. The van der Waals surface area contributed by atoms with Gasteiger partial charge >= 0.3 is 6.18 Å². The molecule has 15 heavy (non-hydrogen) atoms. The van der Waals surface area contributed by atoms with E-state index in [0.29, 0.717) is 12.5 Å². The van der Waals surface area contributed by atoms with Crippen LogP contribution in [0.4, 0.5) is 13.2 Å². The van der Waals surface area contributed by atoms with Gasteiger partial charge in [0.05, 0.1) is 6.54 Å². The van der Waals surface area contributed by atoms with E-state index in [2.05, 4.69) is 24.5 Å². The van der Waals surface area contributed by atoms with Gasteiger partial charge in [-0.25, -0.2) is 0 Å². The van der Waals surface area contributed by atoms with E-state index in [9.17, 15) is 13.2 Å². The topological polar surface area (TPSA) is 24.1 Å². The normalized spacial score (nSPS) is 27.6. The van der Waals surface area contributed by atoms with Crippen LogP contribution in [0.3, 0.4) is 0 Å². The predicted molar refractivity (Wildman–Crippen MR) is 53.7 cm³/mol. The highest BCUT2D eigenvalue weighted by molar-refractivity contribution is 4.92. The molecule has 1 atom stereocenters. The van der Waals surface area contributed by atoms with Gasteiger partial charge in [-0.2, -0.15) is 13.2 Å². The van der Waals surface area contributed by atoms with Gasteiger partial charge in [0, 0.05) is 13.1 Å². The molecule has 1 unspecified atom stereocenters. The number of hydrogen-bond acceptors (Lipinski definition) is 2. The van der Waals surface area contributed by atoms with Crippen molar-refractivity contribution in [1.82, 2.24) is 10.6 Å². The molecule has 0 bridgehead atoms. The van der Waals surface area contributed by atoms with Crippen LogP contribution in [0.15, 0.2) is 0 Å². The van der Waals surface area contributed by atoms with Crippen molar-refractivity contribution in [2.45, 2.75) is 26.4 Å². The highest BCUT2D eigenvalue weighted by atomic mass is 19.4. The molecule has 0 aromatic carbocycles. The van der Waals surface area contributed by atoms with Crippen LogP contribution in [-0.2, 0) is 0 Å². The molecule has 1 rings (SSSR count). The van der Waals surface area contributed by atoms with Crippen LogP contribution in [0.1, 0.15) is 20.3 Å². The average molecular weight is 224 g/mol. The highest BCUT2D eigenvalue weighted by Gasteiger charge is 2.37. The van der Waals surface area contributed by atoms with E-state index in [-0.39, 0.29) is 5.41 Å². The van der Waals surface area contributed by atoms with E-state index < -0.39 is 12.7 Å². The molecule has 5 heteroatoms. The standard InChI is InChI=1S/C10H19F3N2/c1-8(2)9(3-4-14-5-9)6-15-7-10(11,12)13/h8,14-15H,3-7H2,1-2H3. The van der Waals surface area contributed by atoms with Crippen molar-refractivity contribution >= 4 is 0 Å². The smallest absolute Gasteiger partial charge is 0.316 e. The van der Waals surface area contributed by atoms with Crippen molar-refractivity contribution in [2.24, 2.45) is 11.3 Å². The Morgan fingerprint density at radius 2 is 2.07 bits per heavy atom. The van der Waals surface area contributed by atoms with Crippen LogP contribution >= 0.6 is 0 Å². The maximum absolute atomic E-state index is 12.0. The van der Waals surface area contributed by atoms with E-state index in [1.165, 1.54) is 0 Å². The molecule has 1 aliphatic heterocycles. The molecule has 0 amide bonds. The monoisotopic (exact) mass is 224 g/mol. The van der Waals surface area contributed by atoms with Crippen molar-refractivity contribution in [2.75, 3.05) is 26.2 Å². The Kier molecular flexibility index (Phi) is 4.00. The minimum atomic E-state index is -4.11. The highest BCUT2D eigenvalue weighted by Crippen LogP contribution is 2.33. The molecule has 0 aliphatic carbocycles. The van der Waals surface area contributed by atoms with Crippen molar-refractivity contribution in [3.05, 3.63) is 0 Å². The molecule has 0 spiro atoms. The Balaban J connectivity index is 2.40. The molecule has 0 aromatic rings. The quantitative estimate of drug-likeness (QED) is 0.760. The van der Waals surface area contributed by atoms with Gasteiger partial charge in [-0.1, -0.05) is 13.8 Å². The lowest BCUT2D eigenvalue weighted by Gasteiger charge is -2.33. The van der Waals surface area contributed by atoms with Gasteiger partial charge in [0.25, 0.3) is 0 Å². The molecule has 2 N–H and O–H groups in total. The number of alkyl halides is 3. The summed E-state index contributed by atoms with van der Waals surface area (Å²) in [5.74, 6) is 0.397. The molecule has 1 saturated heterocycles. The van der Waals surface area contributed by atoms with E-state index in [1.807, 2.05) is 0 Å². The molecule has 1 aliphatic rings. The summed E-state index contributed by atoms with van der Waals surface area (Å²) in [5, 5.41) is 5.75. The third kappa shape index (κ3) is 3.65. The van der Waals surface area contributed by atoms with E-state index in [0.717, 1.165) is 19.5 Å². The Bertz CT molecular complexity index is 195. The minimum Gasteiger partial charge on any atom is -0.316 e. The summed E-state index contributed by atoms with van der Waals surface area (Å²) in [6.45, 7) is 5.42. The average Bonchev–Trinajstić information content (AvgIpc) is 2.51. The zero-order valence-electron chi connectivity index (χ0n) is 9.25. The predicted octanol–water partition coefficient (Wildman–Crippen LogP) is 1.77. The fourth-order valence-electron chi connectivity index (χ4n) is 2.06. The summed E-state index contributed by atoms with van der Waals surface area (Å²) >= 11 is 0. The number of hydrogen-bond donors (Lipinski definition) is 2. The molecular formula is C10H19F3N2. The zero-order chi connectivity index (χ0) is 11.5. The first-order valence-corrected chi connectivity index (χ1v) is 5.34. The second-order valence-electron chi connectivity index (χ2n) is 4.66. The van der Waals surface area contributed by atoms with Gasteiger partial charge in [0.15, 0.2) is 0 Å². The fourth-order valence-corrected chi connectivity index (χ4v) is 2.06. The summed E-state index contributed by atoms with van der Waals surface area (Å²) in [6, 6.07) is 0. The maximum Gasteiger partial charge on any atom is 0.401 e. The lowest BCUT2D eigenvalue weighted by molar-refractivity contribution is -0.125. The van der Waals surface area contributed by atoms with Crippen LogP contribution in [0.25, 0.3) is 0 Å². The largest absolute Gasteiger partial charge is 0.401 e.